The van der Waals surface area contributed by atoms with Gasteiger partial charge in [-0.1, -0.05) is 18.2 Å². The number of hydrogen-bond donors (Lipinski definition) is 0. The molecule has 4 heteroatoms. The fourth-order valence-electron chi connectivity index (χ4n) is 2.23. The second kappa shape index (κ2) is 6.16. The Bertz CT molecular complexity index is 845. The maximum atomic E-state index is 6.08. The maximum Gasteiger partial charge on any atom is 0.226 e. The molecule has 4 nitrogen and oxygen atoms in total. The number of aromatic nitrogens is 3. The van der Waals surface area contributed by atoms with Gasteiger partial charge in [-0.05, 0) is 57.0 Å². The molecule has 3 aromatic rings. The molecule has 116 valence electrons. The van der Waals surface area contributed by atoms with Crippen LogP contribution in [-0.4, -0.2) is 15.0 Å². The molecule has 3 rings (SSSR count). The van der Waals surface area contributed by atoms with Crippen molar-refractivity contribution in [3.8, 4) is 23.1 Å². The van der Waals surface area contributed by atoms with Crippen LogP contribution in [0.25, 0.3) is 11.5 Å². The van der Waals surface area contributed by atoms with Crippen LogP contribution in [0.3, 0.4) is 0 Å². The Kier molecular flexibility index (Phi) is 4.06. The van der Waals surface area contributed by atoms with E-state index in [1.54, 1.807) is 6.20 Å². The number of nitrogens with zero attached hydrogens (tertiary/aromatic N) is 3. The lowest BCUT2D eigenvalue weighted by Crippen LogP contribution is -2.01. The van der Waals surface area contributed by atoms with Crippen molar-refractivity contribution < 1.29 is 4.74 Å². The van der Waals surface area contributed by atoms with Crippen LogP contribution >= 0.6 is 0 Å². The zero-order valence-corrected chi connectivity index (χ0v) is 13.8. The van der Waals surface area contributed by atoms with Crippen LogP contribution in [0.5, 0.6) is 11.6 Å². The van der Waals surface area contributed by atoms with Crippen molar-refractivity contribution in [2.24, 2.45) is 0 Å². The highest BCUT2D eigenvalue weighted by molar-refractivity contribution is 5.51. The summed E-state index contributed by atoms with van der Waals surface area (Å²) in [6.07, 6.45) is 1.74. The van der Waals surface area contributed by atoms with Crippen molar-refractivity contribution in [1.29, 1.82) is 0 Å². The van der Waals surface area contributed by atoms with Gasteiger partial charge in [0.1, 0.15) is 11.4 Å². The van der Waals surface area contributed by atoms with Gasteiger partial charge in [0.25, 0.3) is 0 Å². The number of ether oxygens (including phenoxy) is 1. The summed E-state index contributed by atoms with van der Waals surface area (Å²) in [6, 6.07) is 11.8. The lowest BCUT2D eigenvalue weighted by molar-refractivity contribution is 0.453. The van der Waals surface area contributed by atoms with Crippen LogP contribution < -0.4 is 4.74 Å². The molecule has 2 heterocycles. The molecule has 0 unspecified atom stereocenters. The summed E-state index contributed by atoms with van der Waals surface area (Å²) in [7, 11) is 0. The largest absolute Gasteiger partial charge is 0.438 e. The van der Waals surface area contributed by atoms with Gasteiger partial charge in [-0.3, -0.25) is 4.98 Å². The van der Waals surface area contributed by atoms with E-state index in [1.807, 2.05) is 58.0 Å². The van der Waals surface area contributed by atoms with Gasteiger partial charge in [0, 0.05) is 17.5 Å². The Morgan fingerprint density at radius 3 is 2.48 bits per heavy atom. The minimum absolute atomic E-state index is 0.576. The van der Waals surface area contributed by atoms with E-state index in [0.29, 0.717) is 11.7 Å². The summed E-state index contributed by atoms with van der Waals surface area (Å²) in [4.78, 5) is 13.4. The van der Waals surface area contributed by atoms with E-state index in [0.717, 1.165) is 33.8 Å². The van der Waals surface area contributed by atoms with Crippen LogP contribution in [0.4, 0.5) is 0 Å². The summed E-state index contributed by atoms with van der Waals surface area (Å²) >= 11 is 0. The number of aryl methyl sites for hydroxylation is 3. The van der Waals surface area contributed by atoms with Crippen molar-refractivity contribution in [2.45, 2.75) is 27.7 Å². The molecule has 1 aromatic carbocycles. The van der Waals surface area contributed by atoms with Crippen molar-refractivity contribution in [3.63, 3.8) is 0 Å². The molecule has 0 atom stereocenters. The number of hydrogen-bond acceptors (Lipinski definition) is 4. The molecular formula is C19H19N3O. The maximum absolute atomic E-state index is 6.08. The second-order valence-electron chi connectivity index (χ2n) is 5.65. The molecule has 0 amide bonds. The molecule has 0 saturated heterocycles. The Balaban J connectivity index is 2.05. The average molecular weight is 305 g/mol. The normalized spacial score (nSPS) is 10.6. The predicted molar refractivity (Wildman–Crippen MR) is 90.7 cm³/mol. The molecule has 0 spiro atoms. The highest BCUT2D eigenvalue weighted by atomic mass is 16.5. The monoisotopic (exact) mass is 305 g/mol. The molecule has 0 aliphatic carbocycles. The topological polar surface area (TPSA) is 47.9 Å². The van der Waals surface area contributed by atoms with Crippen LogP contribution in [0.15, 0.2) is 42.6 Å². The lowest BCUT2D eigenvalue weighted by Gasteiger charge is -2.13. The van der Waals surface area contributed by atoms with Crippen LogP contribution in [0.1, 0.15) is 22.4 Å². The number of rotatable bonds is 3. The molecule has 0 radical (unpaired) electrons. The van der Waals surface area contributed by atoms with Gasteiger partial charge < -0.3 is 4.74 Å². The average Bonchev–Trinajstić information content (AvgIpc) is 2.55. The van der Waals surface area contributed by atoms with E-state index < -0.39 is 0 Å². The smallest absolute Gasteiger partial charge is 0.226 e. The van der Waals surface area contributed by atoms with Crippen molar-refractivity contribution in [3.05, 3.63) is 65.0 Å². The van der Waals surface area contributed by atoms with E-state index in [4.69, 9.17) is 4.74 Å². The number of benzene rings is 1. The first-order valence-electron chi connectivity index (χ1n) is 7.56. The van der Waals surface area contributed by atoms with E-state index in [2.05, 4.69) is 21.0 Å². The molecule has 0 fully saturated rings. The van der Waals surface area contributed by atoms with Gasteiger partial charge in [-0.15, -0.1) is 0 Å². The second-order valence-corrected chi connectivity index (χ2v) is 5.65. The Hall–Kier alpha value is -2.75. The summed E-state index contributed by atoms with van der Waals surface area (Å²) < 4.78 is 6.08. The van der Waals surface area contributed by atoms with Gasteiger partial charge in [-0.25, -0.2) is 4.98 Å². The van der Waals surface area contributed by atoms with Gasteiger partial charge >= 0.3 is 0 Å². The molecule has 2 aromatic heterocycles. The van der Waals surface area contributed by atoms with Crippen molar-refractivity contribution >= 4 is 0 Å². The highest BCUT2D eigenvalue weighted by Gasteiger charge is 2.13. The zero-order valence-electron chi connectivity index (χ0n) is 13.8. The Morgan fingerprint density at radius 2 is 1.74 bits per heavy atom. The van der Waals surface area contributed by atoms with E-state index >= 15 is 0 Å². The summed E-state index contributed by atoms with van der Waals surface area (Å²) in [5, 5.41) is 0. The molecule has 23 heavy (non-hydrogen) atoms. The first-order chi connectivity index (χ1) is 11.0. The quantitative estimate of drug-likeness (QED) is 0.711. The molecule has 0 bridgehead atoms. The Morgan fingerprint density at radius 1 is 0.913 bits per heavy atom. The Labute approximate surface area is 136 Å². The number of pyridine rings is 1. The predicted octanol–water partition coefficient (Wildman–Crippen LogP) is 4.56. The van der Waals surface area contributed by atoms with Gasteiger partial charge in [-0.2, -0.15) is 4.98 Å². The van der Waals surface area contributed by atoms with E-state index in [-0.39, 0.29) is 0 Å². The summed E-state index contributed by atoms with van der Waals surface area (Å²) in [6.45, 7) is 8.00. The lowest BCUT2D eigenvalue weighted by atomic mass is 10.1. The third-order valence-corrected chi connectivity index (χ3v) is 3.79. The molecular weight excluding hydrogens is 286 g/mol. The van der Waals surface area contributed by atoms with Gasteiger partial charge in [0.05, 0.1) is 0 Å². The van der Waals surface area contributed by atoms with Crippen LogP contribution in [0, 0.1) is 27.7 Å². The van der Waals surface area contributed by atoms with Gasteiger partial charge in [0.15, 0.2) is 5.82 Å². The van der Waals surface area contributed by atoms with Crippen LogP contribution in [-0.2, 0) is 0 Å². The standard InChI is InChI=1S/C19H19N3O/c1-12-8-9-13(2)17(11-12)23-19-14(3)15(4)21-18(22-19)16-7-5-6-10-20-16/h5-11H,1-4H3. The van der Waals surface area contributed by atoms with E-state index in [9.17, 15) is 0 Å². The fraction of sp³-hybridized carbons (Fsp3) is 0.211. The third-order valence-electron chi connectivity index (χ3n) is 3.79. The van der Waals surface area contributed by atoms with Gasteiger partial charge in [0.2, 0.25) is 5.88 Å². The van der Waals surface area contributed by atoms with Crippen molar-refractivity contribution in [1.82, 2.24) is 15.0 Å². The minimum Gasteiger partial charge on any atom is -0.438 e. The van der Waals surface area contributed by atoms with Crippen LogP contribution in [0.2, 0.25) is 0 Å². The highest BCUT2D eigenvalue weighted by Crippen LogP contribution is 2.29. The molecule has 0 aliphatic rings. The molecule has 0 saturated carbocycles. The minimum atomic E-state index is 0.576. The molecule has 0 N–H and O–H groups in total. The fourth-order valence-corrected chi connectivity index (χ4v) is 2.23. The zero-order chi connectivity index (χ0) is 16.4. The van der Waals surface area contributed by atoms with E-state index in [1.165, 1.54) is 0 Å². The summed E-state index contributed by atoms with van der Waals surface area (Å²) in [5.41, 5.74) is 4.79. The molecule has 0 aliphatic heterocycles. The summed E-state index contributed by atoms with van der Waals surface area (Å²) in [5.74, 6) is 1.97. The first kappa shape index (κ1) is 15.2. The third kappa shape index (κ3) is 3.21. The first-order valence-corrected chi connectivity index (χ1v) is 7.56. The SMILES string of the molecule is Cc1ccc(C)c(Oc2nc(-c3ccccn3)nc(C)c2C)c1. The van der Waals surface area contributed by atoms with Crippen molar-refractivity contribution in [2.75, 3.05) is 0 Å².